The van der Waals surface area contributed by atoms with Crippen LogP contribution in [-0.2, 0) is 14.4 Å². The van der Waals surface area contributed by atoms with Crippen molar-refractivity contribution in [3.05, 3.63) is 54.1 Å². The van der Waals surface area contributed by atoms with Gasteiger partial charge in [-0.2, -0.15) is 5.26 Å². The molecule has 0 spiro atoms. The molecule has 3 amide bonds. The number of anilines is 1. The predicted molar refractivity (Wildman–Crippen MR) is 107 cm³/mol. The molecule has 1 aliphatic heterocycles. The van der Waals surface area contributed by atoms with Crippen LogP contribution in [0.25, 0.3) is 0 Å². The van der Waals surface area contributed by atoms with Crippen LogP contribution in [0.2, 0.25) is 0 Å². The molecular weight excluding hydrogens is 392 g/mol. The molecule has 0 aliphatic carbocycles. The number of ether oxygens (including phenoxy) is 1. The maximum absolute atomic E-state index is 12.2. The minimum atomic E-state index is -0.568. The van der Waals surface area contributed by atoms with Crippen LogP contribution in [0.3, 0.4) is 0 Å². The summed E-state index contributed by atoms with van der Waals surface area (Å²) in [6.45, 7) is -0.141. The first kappa shape index (κ1) is 20.2. The summed E-state index contributed by atoms with van der Waals surface area (Å²) in [5, 5.41) is 8.99. The highest BCUT2D eigenvalue weighted by Gasteiger charge is 2.24. The van der Waals surface area contributed by atoms with Gasteiger partial charge in [0, 0.05) is 17.9 Å². The van der Waals surface area contributed by atoms with E-state index < -0.39 is 11.8 Å². The van der Waals surface area contributed by atoms with Gasteiger partial charge in [-0.25, -0.2) is 0 Å². The zero-order valence-electron chi connectivity index (χ0n) is 15.4. The van der Waals surface area contributed by atoms with Crippen LogP contribution in [0.15, 0.2) is 53.4 Å². The largest absolute Gasteiger partial charge is 0.482 e. The topological polar surface area (TPSA) is 112 Å². The second-order valence-corrected chi connectivity index (χ2v) is 7.06. The third-order valence-electron chi connectivity index (χ3n) is 4.08. The number of carbonyl (C=O) groups excluding carboxylic acids is 3. The molecule has 1 heterocycles. The summed E-state index contributed by atoms with van der Waals surface area (Å²) in [7, 11) is 0. The van der Waals surface area contributed by atoms with Gasteiger partial charge in [0.25, 0.3) is 5.91 Å². The molecule has 0 unspecified atom stereocenters. The van der Waals surface area contributed by atoms with E-state index in [9.17, 15) is 14.4 Å². The lowest BCUT2D eigenvalue weighted by Crippen LogP contribution is -2.45. The van der Waals surface area contributed by atoms with E-state index in [0.717, 1.165) is 10.6 Å². The van der Waals surface area contributed by atoms with Crippen molar-refractivity contribution < 1.29 is 19.1 Å². The number of carbonyl (C=O) groups is 3. The Bertz CT molecular complexity index is 973. The Morgan fingerprint density at radius 2 is 1.83 bits per heavy atom. The van der Waals surface area contributed by atoms with Gasteiger partial charge in [0.2, 0.25) is 11.8 Å². The molecule has 2 N–H and O–H groups in total. The molecular formula is C20H18N4O4S. The van der Waals surface area contributed by atoms with Gasteiger partial charge in [0.15, 0.2) is 6.61 Å². The summed E-state index contributed by atoms with van der Waals surface area (Å²) in [6, 6.07) is 16.0. The number of hydrogen-bond donors (Lipinski definition) is 2. The van der Waals surface area contributed by atoms with Crippen molar-refractivity contribution in [2.24, 2.45) is 0 Å². The van der Waals surface area contributed by atoms with E-state index in [1.807, 2.05) is 30.3 Å². The smallest absolute Gasteiger partial charge is 0.276 e. The summed E-state index contributed by atoms with van der Waals surface area (Å²) in [5.74, 6) is -0.440. The van der Waals surface area contributed by atoms with Crippen molar-refractivity contribution in [2.75, 3.05) is 23.8 Å². The summed E-state index contributed by atoms with van der Waals surface area (Å²) in [5.41, 5.74) is 5.65. The molecule has 0 bridgehead atoms. The number of rotatable bonds is 6. The normalized spacial score (nSPS) is 12.5. The van der Waals surface area contributed by atoms with E-state index in [0.29, 0.717) is 11.3 Å². The van der Waals surface area contributed by atoms with Crippen LogP contribution in [0.5, 0.6) is 5.75 Å². The van der Waals surface area contributed by atoms with Gasteiger partial charge in [0.1, 0.15) is 11.8 Å². The van der Waals surface area contributed by atoms with Crippen molar-refractivity contribution >= 4 is 35.2 Å². The summed E-state index contributed by atoms with van der Waals surface area (Å²) < 4.78 is 5.29. The Labute approximate surface area is 171 Å². The van der Waals surface area contributed by atoms with E-state index in [1.54, 1.807) is 29.2 Å². The number of hydrazine groups is 1. The lowest BCUT2D eigenvalue weighted by atomic mass is 10.2. The fourth-order valence-corrected chi connectivity index (χ4v) is 3.61. The van der Waals surface area contributed by atoms with Crippen LogP contribution < -0.4 is 20.5 Å². The Hall–Kier alpha value is -3.51. The van der Waals surface area contributed by atoms with E-state index in [-0.39, 0.29) is 31.2 Å². The highest BCUT2D eigenvalue weighted by atomic mass is 32.2. The molecule has 0 atom stereocenters. The second-order valence-electron chi connectivity index (χ2n) is 6.04. The Balaban J connectivity index is 1.44. The van der Waals surface area contributed by atoms with Crippen molar-refractivity contribution in [1.82, 2.24) is 10.9 Å². The molecule has 3 rings (SSSR count). The highest BCUT2D eigenvalue weighted by Crippen LogP contribution is 2.34. The van der Waals surface area contributed by atoms with Crippen molar-refractivity contribution in [3.63, 3.8) is 0 Å². The highest BCUT2D eigenvalue weighted by molar-refractivity contribution is 8.00. The van der Waals surface area contributed by atoms with Crippen LogP contribution in [0, 0.1) is 11.3 Å². The number of nitriles is 1. The van der Waals surface area contributed by atoms with Gasteiger partial charge < -0.3 is 9.64 Å². The van der Waals surface area contributed by atoms with Crippen molar-refractivity contribution in [3.8, 4) is 11.8 Å². The molecule has 29 heavy (non-hydrogen) atoms. The number of benzene rings is 2. The Kier molecular flexibility index (Phi) is 6.71. The lowest BCUT2D eigenvalue weighted by Gasteiger charge is -2.28. The summed E-state index contributed by atoms with van der Waals surface area (Å²) >= 11 is 1.47. The number of thioether (sulfide) groups is 1. The van der Waals surface area contributed by atoms with Gasteiger partial charge in [-0.15, -0.1) is 11.8 Å². The van der Waals surface area contributed by atoms with Crippen molar-refractivity contribution in [1.29, 1.82) is 5.26 Å². The van der Waals surface area contributed by atoms with E-state index in [1.165, 1.54) is 11.8 Å². The van der Waals surface area contributed by atoms with Crippen LogP contribution in [-0.4, -0.2) is 36.6 Å². The number of amides is 3. The maximum atomic E-state index is 12.2. The molecule has 0 fully saturated rings. The van der Waals surface area contributed by atoms with Gasteiger partial charge in [-0.1, -0.05) is 24.3 Å². The number of nitrogens with zero attached hydrogens (tertiary/aromatic N) is 2. The molecule has 148 valence electrons. The molecule has 8 nitrogen and oxygen atoms in total. The van der Waals surface area contributed by atoms with Crippen LogP contribution >= 0.6 is 11.8 Å². The summed E-state index contributed by atoms with van der Waals surface area (Å²) in [4.78, 5) is 38.6. The lowest BCUT2D eigenvalue weighted by molar-refractivity contribution is -0.130. The van der Waals surface area contributed by atoms with Gasteiger partial charge in [0.05, 0.1) is 17.0 Å². The van der Waals surface area contributed by atoms with Crippen LogP contribution in [0.4, 0.5) is 5.69 Å². The van der Waals surface area contributed by atoms with Crippen LogP contribution in [0.1, 0.15) is 12.0 Å². The first-order chi connectivity index (χ1) is 14.1. The maximum Gasteiger partial charge on any atom is 0.276 e. The zero-order chi connectivity index (χ0) is 20.6. The third-order valence-corrected chi connectivity index (χ3v) is 5.13. The quantitative estimate of drug-likeness (QED) is 0.700. The monoisotopic (exact) mass is 410 g/mol. The fourth-order valence-electron chi connectivity index (χ4n) is 2.68. The minimum absolute atomic E-state index is 0.0309. The van der Waals surface area contributed by atoms with E-state index >= 15 is 0 Å². The average Bonchev–Trinajstić information content (AvgIpc) is 2.75. The van der Waals surface area contributed by atoms with E-state index in [2.05, 4.69) is 10.9 Å². The molecule has 0 aromatic heterocycles. The first-order valence-corrected chi connectivity index (χ1v) is 9.79. The molecule has 0 radical (unpaired) electrons. The zero-order valence-corrected chi connectivity index (χ0v) is 16.2. The number of nitrogens with one attached hydrogen (secondary N) is 2. The predicted octanol–water partition coefficient (Wildman–Crippen LogP) is 1.61. The molecule has 1 aliphatic rings. The molecule has 2 aromatic rings. The number of fused-ring (bicyclic) bond motifs is 1. The second kappa shape index (κ2) is 9.61. The average molecular weight is 410 g/mol. The number of para-hydroxylation sites is 2. The molecule has 0 saturated carbocycles. The minimum Gasteiger partial charge on any atom is -0.482 e. The standard InChI is InChI=1S/C20H18N4O4S/c21-11-14-5-1-3-7-16(14)28-12-19(26)23-22-18(25)9-10-24-15-6-2-4-8-17(15)29-13-20(24)27/h1-8H,9-10,12-13H2,(H,22,25)(H,23,26). The van der Waals surface area contributed by atoms with Gasteiger partial charge in [-0.3, -0.25) is 25.2 Å². The SMILES string of the molecule is N#Cc1ccccc1OCC(=O)NNC(=O)CCN1C(=O)CSc2ccccc21. The third kappa shape index (κ3) is 5.27. The first-order valence-electron chi connectivity index (χ1n) is 8.80. The molecule has 2 aromatic carbocycles. The summed E-state index contributed by atoms with van der Waals surface area (Å²) in [6.07, 6.45) is 0.0309. The van der Waals surface area contributed by atoms with Gasteiger partial charge >= 0.3 is 0 Å². The van der Waals surface area contributed by atoms with E-state index in [4.69, 9.17) is 10.00 Å². The fraction of sp³-hybridized carbons (Fsp3) is 0.200. The molecule has 9 heteroatoms. The van der Waals surface area contributed by atoms with Gasteiger partial charge in [-0.05, 0) is 24.3 Å². The van der Waals surface area contributed by atoms with Crippen molar-refractivity contribution in [2.45, 2.75) is 11.3 Å². The Morgan fingerprint density at radius 3 is 2.66 bits per heavy atom. The molecule has 0 saturated heterocycles. The number of hydrogen-bond acceptors (Lipinski definition) is 6. The Morgan fingerprint density at radius 1 is 1.10 bits per heavy atom.